The summed E-state index contributed by atoms with van der Waals surface area (Å²) in [5.74, 6) is -0.593. The van der Waals surface area contributed by atoms with Crippen LogP contribution < -0.4 is 16.8 Å². The van der Waals surface area contributed by atoms with Crippen LogP contribution in [0.4, 0.5) is 0 Å². The fraction of sp³-hybridized carbons (Fsp3) is 0.750. The molecule has 6 N–H and O–H groups in total. The SMILES string of the molecule is CCNC(N)=NCCC[C@@H](N)C(=O)O. The van der Waals surface area contributed by atoms with E-state index in [1.165, 1.54) is 0 Å². The van der Waals surface area contributed by atoms with Crippen molar-refractivity contribution in [2.24, 2.45) is 16.5 Å². The molecule has 0 bridgehead atoms. The van der Waals surface area contributed by atoms with Gasteiger partial charge in [-0.15, -0.1) is 0 Å². The first-order chi connectivity index (χ1) is 6.57. The molecule has 0 fully saturated rings. The number of guanidine groups is 1. The molecule has 14 heavy (non-hydrogen) atoms. The van der Waals surface area contributed by atoms with Gasteiger partial charge in [-0.3, -0.25) is 9.79 Å². The van der Waals surface area contributed by atoms with E-state index >= 15 is 0 Å². The van der Waals surface area contributed by atoms with Crippen LogP contribution in [0.2, 0.25) is 0 Å². The zero-order chi connectivity index (χ0) is 11.0. The van der Waals surface area contributed by atoms with Gasteiger partial charge >= 0.3 is 5.97 Å². The molecule has 0 aromatic heterocycles. The average Bonchev–Trinajstić information content (AvgIpc) is 2.12. The minimum absolute atomic E-state index is 0.386. The van der Waals surface area contributed by atoms with Crippen molar-refractivity contribution in [2.75, 3.05) is 13.1 Å². The summed E-state index contributed by atoms with van der Waals surface area (Å²) < 4.78 is 0. The Balaban J connectivity index is 3.55. The van der Waals surface area contributed by atoms with E-state index in [-0.39, 0.29) is 0 Å². The maximum absolute atomic E-state index is 10.3. The van der Waals surface area contributed by atoms with Crippen LogP contribution in [-0.4, -0.2) is 36.2 Å². The molecule has 0 aromatic rings. The van der Waals surface area contributed by atoms with Crippen LogP contribution in [-0.2, 0) is 4.79 Å². The third-order valence-electron chi connectivity index (χ3n) is 1.63. The molecule has 1 atom stereocenters. The lowest BCUT2D eigenvalue weighted by atomic mass is 10.2. The number of carboxylic acid groups (broad SMARTS) is 1. The normalized spacial score (nSPS) is 13.7. The summed E-state index contributed by atoms with van der Waals surface area (Å²) in [6.45, 7) is 3.15. The molecule has 6 heteroatoms. The van der Waals surface area contributed by atoms with Crippen molar-refractivity contribution < 1.29 is 9.90 Å². The van der Waals surface area contributed by atoms with Crippen LogP contribution in [0.1, 0.15) is 19.8 Å². The predicted octanol–water partition coefficient (Wildman–Crippen LogP) is -0.897. The van der Waals surface area contributed by atoms with Crippen LogP contribution in [0.25, 0.3) is 0 Å². The lowest BCUT2D eigenvalue weighted by Crippen LogP contribution is -2.32. The van der Waals surface area contributed by atoms with E-state index in [4.69, 9.17) is 16.6 Å². The number of aliphatic imine (C=N–C) groups is 1. The summed E-state index contributed by atoms with van der Waals surface area (Å²) in [4.78, 5) is 14.3. The van der Waals surface area contributed by atoms with Crippen molar-refractivity contribution in [3.05, 3.63) is 0 Å². The molecule has 0 aliphatic heterocycles. The molecule has 0 unspecified atom stereocenters. The molecular formula is C8H18N4O2. The molecular weight excluding hydrogens is 184 g/mol. The Bertz CT molecular complexity index is 206. The number of carbonyl (C=O) groups is 1. The predicted molar refractivity (Wildman–Crippen MR) is 55.0 cm³/mol. The van der Waals surface area contributed by atoms with Gasteiger partial charge in [-0.1, -0.05) is 0 Å². The van der Waals surface area contributed by atoms with Crippen LogP contribution in [0, 0.1) is 0 Å². The maximum Gasteiger partial charge on any atom is 0.320 e. The van der Waals surface area contributed by atoms with Crippen molar-refractivity contribution in [3.63, 3.8) is 0 Å². The second-order valence-corrected chi connectivity index (χ2v) is 2.88. The van der Waals surface area contributed by atoms with E-state index in [1.807, 2.05) is 6.92 Å². The van der Waals surface area contributed by atoms with Crippen LogP contribution >= 0.6 is 0 Å². The molecule has 82 valence electrons. The fourth-order valence-corrected chi connectivity index (χ4v) is 0.871. The lowest BCUT2D eigenvalue weighted by molar-refractivity contribution is -0.138. The Morgan fingerprint density at radius 2 is 2.29 bits per heavy atom. The van der Waals surface area contributed by atoms with Gasteiger partial charge in [-0.2, -0.15) is 0 Å². The standard InChI is InChI=1S/C8H18N4O2/c1-2-11-8(10)12-5-3-4-6(9)7(13)14/h6H,2-5,9H2,1H3,(H,13,14)(H3,10,11,12)/t6-/m1/s1. The highest BCUT2D eigenvalue weighted by Crippen LogP contribution is 1.94. The highest BCUT2D eigenvalue weighted by Gasteiger charge is 2.09. The molecule has 0 aliphatic rings. The van der Waals surface area contributed by atoms with Gasteiger partial charge in [0.15, 0.2) is 5.96 Å². The average molecular weight is 202 g/mol. The quantitative estimate of drug-likeness (QED) is 0.253. The summed E-state index contributed by atoms with van der Waals surface area (Å²) in [7, 11) is 0. The molecule has 0 spiro atoms. The van der Waals surface area contributed by atoms with E-state index in [2.05, 4.69) is 10.3 Å². The highest BCUT2D eigenvalue weighted by molar-refractivity contribution is 5.77. The molecule has 0 aromatic carbocycles. The van der Waals surface area contributed by atoms with Crippen molar-refractivity contribution in [3.8, 4) is 0 Å². The molecule has 6 nitrogen and oxygen atoms in total. The lowest BCUT2D eigenvalue weighted by Gasteiger charge is -2.04. The van der Waals surface area contributed by atoms with Gasteiger partial charge in [-0.05, 0) is 19.8 Å². The van der Waals surface area contributed by atoms with E-state index in [0.717, 1.165) is 6.54 Å². The number of hydrogen-bond acceptors (Lipinski definition) is 3. The van der Waals surface area contributed by atoms with Crippen LogP contribution in [0.3, 0.4) is 0 Å². The second kappa shape index (κ2) is 7.14. The van der Waals surface area contributed by atoms with Crippen LogP contribution in [0.5, 0.6) is 0 Å². The second-order valence-electron chi connectivity index (χ2n) is 2.88. The Morgan fingerprint density at radius 1 is 1.64 bits per heavy atom. The maximum atomic E-state index is 10.3. The number of nitrogens with zero attached hydrogens (tertiary/aromatic N) is 1. The first-order valence-electron chi connectivity index (χ1n) is 4.60. The molecule has 0 saturated carbocycles. The van der Waals surface area contributed by atoms with Crippen molar-refractivity contribution in [2.45, 2.75) is 25.8 Å². The molecule has 0 saturated heterocycles. The summed E-state index contributed by atoms with van der Waals surface area (Å²) in [6, 6.07) is -0.800. The molecule has 0 aliphatic carbocycles. The number of carboxylic acids is 1. The topological polar surface area (TPSA) is 114 Å². The summed E-state index contributed by atoms with van der Waals surface area (Å²) >= 11 is 0. The summed E-state index contributed by atoms with van der Waals surface area (Å²) in [5, 5.41) is 11.3. The van der Waals surface area contributed by atoms with Crippen molar-refractivity contribution in [1.82, 2.24) is 5.32 Å². The van der Waals surface area contributed by atoms with Crippen molar-refractivity contribution >= 4 is 11.9 Å². The monoisotopic (exact) mass is 202 g/mol. The first-order valence-corrected chi connectivity index (χ1v) is 4.60. The first kappa shape index (κ1) is 12.7. The summed E-state index contributed by atoms with van der Waals surface area (Å²) in [6.07, 6.45) is 1.04. The third kappa shape index (κ3) is 6.24. The Labute approximate surface area is 83.4 Å². The van der Waals surface area contributed by atoms with E-state index in [0.29, 0.717) is 25.3 Å². The molecule has 0 heterocycles. The van der Waals surface area contributed by atoms with E-state index in [1.54, 1.807) is 0 Å². The zero-order valence-electron chi connectivity index (χ0n) is 8.36. The van der Waals surface area contributed by atoms with Crippen molar-refractivity contribution in [1.29, 1.82) is 0 Å². The zero-order valence-corrected chi connectivity index (χ0v) is 8.36. The van der Waals surface area contributed by atoms with Gasteiger partial charge in [0.2, 0.25) is 0 Å². The number of nitrogens with one attached hydrogen (secondary N) is 1. The number of hydrogen-bond donors (Lipinski definition) is 4. The summed E-state index contributed by atoms with van der Waals surface area (Å²) in [5.41, 5.74) is 10.7. The van der Waals surface area contributed by atoms with E-state index in [9.17, 15) is 4.79 Å². The van der Waals surface area contributed by atoms with Gasteiger partial charge < -0.3 is 21.9 Å². The minimum Gasteiger partial charge on any atom is -0.480 e. The molecule has 0 amide bonds. The van der Waals surface area contributed by atoms with Gasteiger partial charge in [-0.25, -0.2) is 0 Å². The Hall–Kier alpha value is -1.30. The van der Waals surface area contributed by atoms with E-state index < -0.39 is 12.0 Å². The van der Waals surface area contributed by atoms with Gasteiger partial charge in [0.05, 0.1) is 0 Å². The van der Waals surface area contributed by atoms with Gasteiger partial charge in [0.1, 0.15) is 6.04 Å². The number of nitrogens with two attached hydrogens (primary N) is 2. The molecule has 0 radical (unpaired) electrons. The number of aliphatic carboxylic acids is 1. The Morgan fingerprint density at radius 3 is 2.79 bits per heavy atom. The molecule has 0 rings (SSSR count). The largest absolute Gasteiger partial charge is 0.480 e. The fourth-order valence-electron chi connectivity index (χ4n) is 0.871. The third-order valence-corrected chi connectivity index (χ3v) is 1.63. The smallest absolute Gasteiger partial charge is 0.320 e. The minimum atomic E-state index is -0.978. The van der Waals surface area contributed by atoms with Gasteiger partial charge in [0, 0.05) is 13.1 Å². The van der Waals surface area contributed by atoms with Gasteiger partial charge in [0.25, 0.3) is 0 Å². The highest BCUT2D eigenvalue weighted by atomic mass is 16.4. The Kier molecular flexibility index (Phi) is 6.47. The van der Waals surface area contributed by atoms with Crippen LogP contribution in [0.15, 0.2) is 4.99 Å². The number of rotatable bonds is 6.